The molecule has 2 rings (SSSR count). The fraction of sp³-hybridized carbons (Fsp3) is 0.438. The van der Waals surface area contributed by atoms with Crippen LogP contribution in [0.1, 0.15) is 13.8 Å². The summed E-state index contributed by atoms with van der Waals surface area (Å²) in [4.78, 5) is 18.4. The van der Waals surface area contributed by atoms with Crippen molar-refractivity contribution in [2.75, 3.05) is 21.2 Å². The summed E-state index contributed by atoms with van der Waals surface area (Å²) in [5, 5.41) is 7.96. The third-order valence-corrected chi connectivity index (χ3v) is 5.03. The van der Waals surface area contributed by atoms with Crippen LogP contribution in [0.15, 0.2) is 23.4 Å². The minimum absolute atomic E-state index is 0.0432. The number of carbonyl (C=O) groups excluding carboxylic acids is 1. The maximum Gasteiger partial charge on any atom is 0.235 e. The SMILES string of the molecule is COc1ccc(Cl)cc1-c1nc(SC(C(=O)N(C)C)C(C)C)n[nH]1. The van der Waals surface area contributed by atoms with Crippen molar-refractivity contribution < 1.29 is 9.53 Å². The highest BCUT2D eigenvalue weighted by Crippen LogP contribution is 2.32. The molecular formula is C16H21ClN4O2S. The summed E-state index contributed by atoms with van der Waals surface area (Å²) in [6, 6.07) is 5.29. The zero-order chi connectivity index (χ0) is 17.9. The van der Waals surface area contributed by atoms with Crippen LogP contribution >= 0.6 is 23.4 Å². The largest absolute Gasteiger partial charge is 0.496 e. The lowest BCUT2D eigenvalue weighted by molar-refractivity contribution is -0.128. The van der Waals surface area contributed by atoms with Crippen LogP contribution in [0.3, 0.4) is 0 Å². The first-order valence-corrected chi connectivity index (χ1v) is 8.73. The van der Waals surface area contributed by atoms with E-state index in [1.807, 2.05) is 13.8 Å². The Bertz CT molecular complexity index is 718. The van der Waals surface area contributed by atoms with Gasteiger partial charge in [0.05, 0.1) is 17.9 Å². The molecule has 1 aromatic carbocycles. The second-order valence-corrected chi connectivity index (χ2v) is 7.37. The fourth-order valence-corrected chi connectivity index (χ4v) is 3.35. The van der Waals surface area contributed by atoms with Gasteiger partial charge in [-0.25, -0.2) is 4.98 Å². The molecule has 130 valence electrons. The average molecular weight is 369 g/mol. The van der Waals surface area contributed by atoms with Crippen LogP contribution in [0.4, 0.5) is 0 Å². The number of thioether (sulfide) groups is 1. The van der Waals surface area contributed by atoms with E-state index in [0.29, 0.717) is 21.8 Å². The summed E-state index contributed by atoms with van der Waals surface area (Å²) in [6.07, 6.45) is 0. The number of nitrogens with zero attached hydrogens (tertiary/aromatic N) is 3. The Morgan fingerprint density at radius 2 is 2.08 bits per heavy atom. The van der Waals surface area contributed by atoms with Crippen LogP contribution in [-0.2, 0) is 4.79 Å². The second kappa shape index (κ2) is 7.90. The van der Waals surface area contributed by atoms with E-state index in [9.17, 15) is 4.79 Å². The molecule has 0 spiro atoms. The molecule has 1 heterocycles. The fourth-order valence-electron chi connectivity index (χ4n) is 2.12. The van der Waals surface area contributed by atoms with E-state index in [4.69, 9.17) is 16.3 Å². The summed E-state index contributed by atoms with van der Waals surface area (Å²) in [6.45, 7) is 4.01. The number of amides is 1. The maximum atomic E-state index is 12.3. The molecule has 1 aromatic heterocycles. The number of hydrogen-bond donors (Lipinski definition) is 1. The molecule has 0 aliphatic heterocycles. The predicted octanol–water partition coefficient (Wildman–Crippen LogP) is 3.34. The van der Waals surface area contributed by atoms with Gasteiger partial charge in [-0.1, -0.05) is 37.2 Å². The van der Waals surface area contributed by atoms with E-state index in [1.165, 1.54) is 11.8 Å². The topological polar surface area (TPSA) is 71.1 Å². The van der Waals surface area contributed by atoms with Gasteiger partial charge in [0.1, 0.15) is 5.75 Å². The minimum Gasteiger partial charge on any atom is -0.496 e. The van der Waals surface area contributed by atoms with E-state index in [2.05, 4.69) is 15.2 Å². The molecule has 8 heteroatoms. The standard InChI is InChI=1S/C16H21ClN4O2S/c1-9(2)13(15(22)21(3)4)24-16-18-14(19-20-16)11-8-10(17)6-7-12(11)23-5/h6-9,13H,1-5H3,(H,18,19,20). The molecule has 0 saturated carbocycles. The Hall–Kier alpha value is -1.73. The van der Waals surface area contributed by atoms with Crippen molar-refractivity contribution >= 4 is 29.3 Å². The molecule has 1 atom stereocenters. The van der Waals surface area contributed by atoms with E-state index >= 15 is 0 Å². The van der Waals surface area contributed by atoms with Crippen molar-refractivity contribution in [1.29, 1.82) is 0 Å². The van der Waals surface area contributed by atoms with Gasteiger partial charge in [-0.05, 0) is 24.1 Å². The van der Waals surface area contributed by atoms with Crippen LogP contribution in [0.2, 0.25) is 5.02 Å². The van der Waals surface area contributed by atoms with Crippen molar-refractivity contribution in [2.45, 2.75) is 24.3 Å². The summed E-state index contributed by atoms with van der Waals surface area (Å²) in [7, 11) is 5.08. The summed E-state index contributed by atoms with van der Waals surface area (Å²) in [5.74, 6) is 1.41. The first-order chi connectivity index (χ1) is 11.3. The molecule has 0 aliphatic carbocycles. The number of benzene rings is 1. The van der Waals surface area contributed by atoms with Gasteiger partial charge < -0.3 is 9.64 Å². The smallest absolute Gasteiger partial charge is 0.235 e. The Balaban J connectivity index is 2.27. The highest BCUT2D eigenvalue weighted by atomic mass is 35.5. The number of H-pyrrole nitrogens is 1. The number of carbonyl (C=O) groups is 1. The molecule has 2 aromatic rings. The number of aromatic nitrogens is 3. The van der Waals surface area contributed by atoms with Gasteiger partial charge in [0.25, 0.3) is 0 Å². The molecule has 6 nitrogen and oxygen atoms in total. The van der Waals surface area contributed by atoms with E-state index in [1.54, 1.807) is 44.3 Å². The van der Waals surface area contributed by atoms with Gasteiger partial charge >= 0.3 is 0 Å². The highest BCUT2D eigenvalue weighted by Gasteiger charge is 2.27. The number of nitrogens with one attached hydrogen (secondary N) is 1. The molecule has 0 fully saturated rings. The molecule has 1 unspecified atom stereocenters. The summed E-state index contributed by atoms with van der Waals surface area (Å²) < 4.78 is 5.34. The molecule has 0 aliphatic rings. The number of ether oxygens (including phenoxy) is 1. The van der Waals surface area contributed by atoms with Gasteiger partial charge in [0, 0.05) is 19.1 Å². The number of hydrogen-bond acceptors (Lipinski definition) is 5. The second-order valence-electron chi connectivity index (χ2n) is 5.83. The zero-order valence-corrected chi connectivity index (χ0v) is 15.9. The van der Waals surface area contributed by atoms with Gasteiger partial charge in [-0.3, -0.25) is 9.89 Å². The van der Waals surface area contributed by atoms with Gasteiger partial charge in [0.2, 0.25) is 11.1 Å². The molecule has 1 amide bonds. The van der Waals surface area contributed by atoms with E-state index < -0.39 is 0 Å². The predicted molar refractivity (Wildman–Crippen MR) is 96.6 cm³/mol. The molecule has 24 heavy (non-hydrogen) atoms. The molecule has 0 radical (unpaired) electrons. The lowest BCUT2D eigenvalue weighted by Crippen LogP contribution is -2.34. The number of rotatable bonds is 6. The zero-order valence-electron chi connectivity index (χ0n) is 14.3. The van der Waals surface area contributed by atoms with E-state index in [0.717, 1.165) is 5.56 Å². The number of halogens is 1. The van der Waals surface area contributed by atoms with Gasteiger partial charge in [-0.2, -0.15) is 0 Å². The molecule has 0 saturated heterocycles. The van der Waals surface area contributed by atoms with Gasteiger partial charge in [-0.15, -0.1) is 5.10 Å². The van der Waals surface area contributed by atoms with Crippen LogP contribution in [0.5, 0.6) is 5.75 Å². The monoisotopic (exact) mass is 368 g/mol. The molecule has 1 N–H and O–H groups in total. The third kappa shape index (κ3) is 4.21. The molecular weight excluding hydrogens is 348 g/mol. The first kappa shape index (κ1) is 18.6. The van der Waals surface area contributed by atoms with Crippen molar-refractivity contribution in [3.05, 3.63) is 23.2 Å². The summed E-state index contributed by atoms with van der Waals surface area (Å²) >= 11 is 7.41. The number of aromatic amines is 1. The number of methoxy groups -OCH3 is 1. The van der Waals surface area contributed by atoms with Crippen molar-refractivity contribution in [3.63, 3.8) is 0 Å². The van der Waals surface area contributed by atoms with Gasteiger partial charge in [0.15, 0.2) is 5.82 Å². The Morgan fingerprint density at radius 1 is 1.38 bits per heavy atom. The highest BCUT2D eigenvalue weighted by molar-refractivity contribution is 8.00. The lowest BCUT2D eigenvalue weighted by Gasteiger charge is -2.21. The minimum atomic E-state index is -0.245. The average Bonchev–Trinajstić information content (AvgIpc) is 3.00. The van der Waals surface area contributed by atoms with Crippen LogP contribution in [0, 0.1) is 5.92 Å². The quantitative estimate of drug-likeness (QED) is 0.792. The maximum absolute atomic E-state index is 12.3. The van der Waals surface area contributed by atoms with Crippen LogP contribution in [-0.4, -0.2) is 52.4 Å². The van der Waals surface area contributed by atoms with Crippen molar-refractivity contribution in [3.8, 4) is 17.1 Å². The first-order valence-electron chi connectivity index (χ1n) is 7.47. The van der Waals surface area contributed by atoms with Crippen molar-refractivity contribution in [2.24, 2.45) is 5.92 Å². The Labute approximate surface area is 150 Å². The Morgan fingerprint density at radius 3 is 2.67 bits per heavy atom. The lowest BCUT2D eigenvalue weighted by atomic mass is 10.1. The van der Waals surface area contributed by atoms with Crippen LogP contribution < -0.4 is 4.74 Å². The normalized spacial score (nSPS) is 12.3. The molecule has 0 bridgehead atoms. The van der Waals surface area contributed by atoms with Crippen molar-refractivity contribution in [1.82, 2.24) is 20.1 Å². The third-order valence-electron chi connectivity index (χ3n) is 3.40. The van der Waals surface area contributed by atoms with E-state index in [-0.39, 0.29) is 17.1 Å². The Kier molecular flexibility index (Phi) is 6.12. The van der Waals surface area contributed by atoms with Crippen LogP contribution in [0.25, 0.3) is 11.4 Å². The summed E-state index contributed by atoms with van der Waals surface area (Å²) in [5.41, 5.74) is 0.726.